The lowest BCUT2D eigenvalue weighted by Gasteiger charge is -2.08. The molecule has 2 aromatic carbocycles. The van der Waals surface area contributed by atoms with E-state index in [1.54, 1.807) is 0 Å². The second-order valence-corrected chi connectivity index (χ2v) is 9.49. The first-order chi connectivity index (χ1) is 14.2. The maximum absolute atomic E-state index is 12.5. The van der Waals surface area contributed by atoms with Crippen LogP contribution >= 0.6 is 11.6 Å². The number of hydrogen-bond acceptors (Lipinski definition) is 4. The van der Waals surface area contributed by atoms with Crippen LogP contribution in [-0.2, 0) is 34.1 Å². The van der Waals surface area contributed by atoms with E-state index in [9.17, 15) is 13.2 Å². The van der Waals surface area contributed by atoms with E-state index in [1.165, 1.54) is 0 Å². The van der Waals surface area contributed by atoms with E-state index >= 15 is 0 Å². The molecule has 0 amide bonds. The number of rotatable bonds is 9. The first-order valence-electron chi connectivity index (χ1n) is 9.61. The molecule has 0 unspecified atom stereocenters. The number of ketones is 1. The van der Waals surface area contributed by atoms with Crippen LogP contribution in [0.25, 0.3) is 5.69 Å². The van der Waals surface area contributed by atoms with Crippen molar-refractivity contribution in [2.45, 2.75) is 32.6 Å². The smallest absolute Gasteiger partial charge is 0.209 e. The number of carbonyl (C=O) groups is 1. The van der Waals surface area contributed by atoms with E-state index < -0.39 is 10.0 Å². The average molecular weight is 446 g/mol. The molecule has 3 aromatic rings. The molecule has 2 N–H and O–H groups in total. The molecule has 8 heteroatoms. The van der Waals surface area contributed by atoms with Gasteiger partial charge in [-0.3, -0.25) is 4.79 Å². The molecule has 0 aliphatic rings. The molecule has 0 spiro atoms. The quantitative estimate of drug-likeness (QED) is 0.546. The van der Waals surface area contributed by atoms with Crippen LogP contribution in [0, 0.1) is 6.92 Å². The third-order valence-electron chi connectivity index (χ3n) is 4.72. The molecule has 0 atom stereocenters. The molecule has 158 valence electrons. The number of aryl methyl sites for hydroxylation is 3. The van der Waals surface area contributed by atoms with Crippen molar-refractivity contribution in [2.75, 3.05) is 5.75 Å². The second kappa shape index (κ2) is 9.55. The van der Waals surface area contributed by atoms with Gasteiger partial charge in [-0.25, -0.2) is 18.2 Å². The van der Waals surface area contributed by atoms with E-state index in [1.807, 2.05) is 66.2 Å². The van der Waals surface area contributed by atoms with Crippen LogP contribution in [0.5, 0.6) is 0 Å². The molecule has 0 saturated carbocycles. The van der Waals surface area contributed by atoms with Crippen LogP contribution in [0.2, 0.25) is 5.02 Å². The summed E-state index contributed by atoms with van der Waals surface area (Å²) in [4.78, 5) is 12.5. The summed E-state index contributed by atoms with van der Waals surface area (Å²) in [5.74, 6) is 0.0362. The fraction of sp³-hybridized carbons (Fsp3) is 0.273. The molecule has 6 nitrogen and oxygen atoms in total. The Labute approximate surface area is 181 Å². The molecule has 30 heavy (non-hydrogen) atoms. The van der Waals surface area contributed by atoms with Crippen molar-refractivity contribution < 1.29 is 13.2 Å². The van der Waals surface area contributed by atoms with E-state index in [0.717, 1.165) is 28.2 Å². The number of Topliss-reactive ketones (excluding diaryl/α,β-unsaturated/α-hetero) is 1. The van der Waals surface area contributed by atoms with Gasteiger partial charge in [0.1, 0.15) is 5.78 Å². The maximum atomic E-state index is 12.5. The number of hydrogen-bond donors (Lipinski definition) is 1. The summed E-state index contributed by atoms with van der Waals surface area (Å²) in [5, 5.41) is 10.2. The SMILES string of the molecule is Cc1cc(CCC(=O)Cc2ccc(CCS(N)(=O)=O)cc2)n(-c2cccc(Cl)c2)n1. The number of carbonyl (C=O) groups excluding carboxylic acids is 1. The summed E-state index contributed by atoms with van der Waals surface area (Å²) in [6.07, 6.45) is 1.68. The zero-order valence-corrected chi connectivity index (χ0v) is 18.3. The monoisotopic (exact) mass is 445 g/mol. The fourth-order valence-electron chi connectivity index (χ4n) is 3.23. The molecule has 0 aliphatic carbocycles. The van der Waals surface area contributed by atoms with Crippen molar-refractivity contribution in [3.63, 3.8) is 0 Å². The van der Waals surface area contributed by atoms with Crippen LogP contribution in [-0.4, -0.2) is 29.7 Å². The second-order valence-electron chi connectivity index (χ2n) is 7.32. The minimum Gasteiger partial charge on any atom is -0.299 e. The van der Waals surface area contributed by atoms with Crippen LogP contribution in [0.15, 0.2) is 54.6 Å². The standard InChI is InChI=1S/C22H24ClN3O3S/c1-16-13-21(26(25-16)20-4-2-3-19(23)15-20)9-10-22(27)14-18-7-5-17(6-8-18)11-12-30(24,28)29/h2-8,13,15H,9-12,14H2,1H3,(H2,24,28,29). The highest BCUT2D eigenvalue weighted by Crippen LogP contribution is 2.18. The molecule has 0 saturated heterocycles. The van der Waals surface area contributed by atoms with Crippen molar-refractivity contribution >= 4 is 27.4 Å². The Morgan fingerprint density at radius 1 is 1.07 bits per heavy atom. The molecular formula is C22H24ClN3O3S. The predicted molar refractivity (Wildman–Crippen MR) is 118 cm³/mol. The van der Waals surface area contributed by atoms with Gasteiger partial charge in [0.15, 0.2) is 0 Å². The highest BCUT2D eigenvalue weighted by molar-refractivity contribution is 7.89. The maximum Gasteiger partial charge on any atom is 0.209 e. The minimum absolute atomic E-state index is 0.0923. The van der Waals surface area contributed by atoms with E-state index in [2.05, 4.69) is 5.10 Å². The number of aromatic nitrogens is 2. The van der Waals surface area contributed by atoms with Crippen molar-refractivity contribution in [1.29, 1.82) is 0 Å². The first-order valence-corrected chi connectivity index (χ1v) is 11.7. The van der Waals surface area contributed by atoms with Crippen LogP contribution < -0.4 is 5.14 Å². The van der Waals surface area contributed by atoms with E-state index in [-0.39, 0.29) is 11.5 Å². The van der Waals surface area contributed by atoms with Gasteiger partial charge in [-0.05, 0) is 55.2 Å². The van der Waals surface area contributed by atoms with Gasteiger partial charge in [0.2, 0.25) is 10.0 Å². The summed E-state index contributed by atoms with van der Waals surface area (Å²) >= 11 is 6.09. The van der Waals surface area contributed by atoms with E-state index in [4.69, 9.17) is 16.7 Å². The Morgan fingerprint density at radius 3 is 2.43 bits per heavy atom. The highest BCUT2D eigenvalue weighted by atomic mass is 35.5. The number of sulfonamides is 1. The van der Waals surface area contributed by atoms with Gasteiger partial charge in [-0.1, -0.05) is 41.9 Å². The van der Waals surface area contributed by atoms with Crippen LogP contribution in [0.3, 0.4) is 0 Å². The topological polar surface area (TPSA) is 95.0 Å². The van der Waals surface area contributed by atoms with Gasteiger partial charge < -0.3 is 0 Å². The lowest BCUT2D eigenvalue weighted by atomic mass is 10.0. The van der Waals surface area contributed by atoms with Gasteiger partial charge in [0, 0.05) is 23.6 Å². The first kappa shape index (κ1) is 22.2. The fourth-order valence-corrected chi connectivity index (χ4v) is 3.93. The number of nitrogens with two attached hydrogens (primary N) is 1. The summed E-state index contributed by atoms with van der Waals surface area (Å²) in [6.45, 7) is 1.92. The molecule has 0 bridgehead atoms. The summed E-state index contributed by atoms with van der Waals surface area (Å²) < 4.78 is 23.9. The highest BCUT2D eigenvalue weighted by Gasteiger charge is 2.11. The molecule has 0 aliphatic heterocycles. The van der Waals surface area contributed by atoms with Crippen molar-refractivity contribution in [2.24, 2.45) is 5.14 Å². The minimum atomic E-state index is -3.48. The Bertz CT molecular complexity index is 1140. The summed E-state index contributed by atoms with van der Waals surface area (Å²) in [5.41, 5.74) is 4.49. The Balaban J connectivity index is 1.59. The summed E-state index contributed by atoms with van der Waals surface area (Å²) in [6, 6.07) is 16.8. The number of halogens is 1. The largest absolute Gasteiger partial charge is 0.299 e. The van der Waals surface area contributed by atoms with Gasteiger partial charge in [-0.15, -0.1) is 0 Å². The molecule has 0 fully saturated rings. The van der Waals surface area contributed by atoms with Gasteiger partial charge in [-0.2, -0.15) is 5.10 Å². The zero-order chi connectivity index (χ0) is 21.7. The van der Waals surface area contributed by atoms with Crippen molar-refractivity contribution in [3.05, 3.63) is 82.1 Å². The van der Waals surface area contributed by atoms with Crippen molar-refractivity contribution in [3.8, 4) is 5.69 Å². The van der Waals surface area contributed by atoms with Gasteiger partial charge >= 0.3 is 0 Å². The lowest BCUT2D eigenvalue weighted by molar-refractivity contribution is -0.118. The Hall–Kier alpha value is -2.48. The molecule has 0 radical (unpaired) electrons. The zero-order valence-electron chi connectivity index (χ0n) is 16.7. The molecule has 1 heterocycles. The van der Waals surface area contributed by atoms with Crippen LogP contribution in [0.1, 0.15) is 28.9 Å². The average Bonchev–Trinajstić information content (AvgIpc) is 3.06. The number of nitrogens with zero attached hydrogens (tertiary/aromatic N) is 2. The van der Waals surface area contributed by atoms with Gasteiger partial charge in [0.25, 0.3) is 0 Å². The third kappa shape index (κ3) is 6.52. The van der Waals surface area contributed by atoms with Crippen LogP contribution in [0.4, 0.5) is 0 Å². The Morgan fingerprint density at radius 2 is 1.77 bits per heavy atom. The van der Waals surface area contributed by atoms with Gasteiger partial charge in [0.05, 0.1) is 17.1 Å². The van der Waals surface area contributed by atoms with E-state index in [0.29, 0.717) is 30.7 Å². The third-order valence-corrected chi connectivity index (χ3v) is 5.73. The predicted octanol–water partition coefficient (Wildman–Crippen LogP) is 3.41. The molecule has 3 rings (SSSR count). The molecule has 1 aromatic heterocycles. The normalized spacial score (nSPS) is 11.6. The molecular weight excluding hydrogens is 422 g/mol. The Kier molecular flexibility index (Phi) is 7.07. The van der Waals surface area contributed by atoms with Crippen molar-refractivity contribution in [1.82, 2.24) is 9.78 Å². The number of primary sulfonamides is 1. The lowest BCUT2D eigenvalue weighted by Crippen LogP contribution is -2.17. The summed E-state index contributed by atoms with van der Waals surface area (Å²) in [7, 11) is -3.48. The number of benzene rings is 2.